The maximum Gasteiger partial charge on any atom is 0.231 e. The van der Waals surface area contributed by atoms with E-state index in [1.165, 1.54) is 23.0 Å². The standard InChI is InChI=1S/C24H29ClN8O4S2/c1-26-21-15-28-24(30-19-6-9-32(10-7-19)39(3,36)37)31-23(21)18-14-29-33(16-18)22-5-4-17(12-20(22)25)13-27-8-11-38(2,34)35/h4-5,12,14-16,19,27H,6-11,13H2,2-3H3,(H,28,30,31). The van der Waals surface area contributed by atoms with Gasteiger partial charge in [0.1, 0.15) is 9.84 Å². The average molecular weight is 593 g/mol. The van der Waals surface area contributed by atoms with Gasteiger partial charge < -0.3 is 10.6 Å². The number of benzene rings is 1. The summed E-state index contributed by atoms with van der Waals surface area (Å²) in [6.07, 6.45) is 8.44. The van der Waals surface area contributed by atoms with Gasteiger partial charge in [0.05, 0.1) is 41.2 Å². The second kappa shape index (κ2) is 12.0. The molecule has 0 radical (unpaired) electrons. The molecule has 1 saturated heterocycles. The van der Waals surface area contributed by atoms with Gasteiger partial charge in [-0.1, -0.05) is 17.7 Å². The van der Waals surface area contributed by atoms with Gasteiger partial charge in [0.15, 0.2) is 0 Å². The lowest BCUT2D eigenvalue weighted by Crippen LogP contribution is -2.42. The van der Waals surface area contributed by atoms with Gasteiger partial charge in [-0.15, -0.1) is 0 Å². The molecule has 3 aromatic rings. The maximum absolute atomic E-state index is 11.8. The Balaban J connectivity index is 1.46. The normalized spacial score (nSPS) is 15.2. The molecule has 39 heavy (non-hydrogen) atoms. The van der Waals surface area contributed by atoms with Crippen molar-refractivity contribution in [1.82, 2.24) is 29.4 Å². The summed E-state index contributed by atoms with van der Waals surface area (Å²) in [7, 11) is -6.24. The predicted octanol–water partition coefficient (Wildman–Crippen LogP) is 2.50. The molecule has 0 spiro atoms. The summed E-state index contributed by atoms with van der Waals surface area (Å²) in [5, 5.41) is 11.2. The fourth-order valence-electron chi connectivity index (χ4n) is 4.17. The Labute approximate surface area is 233 Å². The summed E-state index contributed by atoms with van der Waals surface area (Å²) in [6, 6.07) is 5.49. The van der Waals surface area contributed by atoms with Crippen molar-refractivity contribution in [3.63, 3.8) is 0 Å². The highest BCUT2D eigenvalue weighted by Crippen LogP contribution is 2.31. The third kappa shape index (κ3) is 7.74. The second-order valence-electron chi connectivity index (χ2n) is 9.39. The van der Waals surface area contributed by atoms with E-state index in [0.29, 0.717) is 66.9 Å². The SMILES string of the molecule is [C-]#[N+]c1cnc(NC2CCN(S(C)(=O)=O)CC2)nc1-c1cnn(-c2ccc(CNCCS(C)(=O)=O)cc2Cl)c1. The maximum atomic E-state index is 11.8. The second-order valence-corrected chi connectivity index (χ2v) is 14.0. The molecule has 0 bridgehead atoms. The van der Waals surface area contributed by atoms with Gasteiger partial charge in [-0.3, -0.25) is 0 Å². The van der Waals surface area contributed by atoms with Crippen LogP contribution in [0.2, 0.25) is 5.02 Å². The summed E-state index contributed by atoms with van der Waals surface area (Å²) in [5.41, 5.74) is 2.84. The van der Waals surface area contributed by atoms with Crippen molar-refractivity contribution in [2.24, 2.45) is 0 Å². The molecule has 0 unspecified atom stereocenters. The van der Waals surface area contributed by atoms with Gasteiger partial charge in [0.2, 0.25) is 21.7 Å². The van der Waals surface area contributed by atoms with Gasteiger partial charge in [-0.2, -0.15) is 5.10 Å². The highest BCUT2D eigenvalue weighted by Gasteiger charge is 2.25. The third-order valence-corrected chi connectivity index (χ3v) is 8.79. The fourth-order valence-corrected chi connectivity index (χ4v) is 5.85. The Bertz CT molecular complexity index is 1590. The van der Waals surface area contributed by atoms with E-state index < -0.39 is 19.9 Å². The fraction of sp³-hybridized carbons (Fsp3) is 0.417. The Morgan fingerprint density at radius 3 is 2.54 bits per heavy atom. The zero-order valence-electron chi connectivity index (χ0n) is 21.5. The third-order valence-electron chi connectivity index (χ3n) is 6.24. The monoisotopic (exact) mass is 592 g/mol. The first kappa shape index (κ1) is 28.9. The number of nitrogens with zero attached hydrogens (tertiary/aromatic N) is 6. The number of nitrogens with one attached hydrogen (secondary N) is 2. The zero-order valence-corrected chi connectivity index (χ0v) is 23.9. The van der Waals surface area contributed by atoms with Crippen LogP contribution in [0.5, 0.6) is 0 Å². The van der Waals surface area contributed by atoms with Crippen molar-refractivity contribution in [3.8, 4) is 16.9 Å². The lowest BCUT2D eigenvalue weighted by molar-refractivity contribution is 0.331. The highest BCUT2D eigenvalue weighted by molar-refractivity contribution is 7.90. The van der Waals surface area contributed by atoms with Crippen molar-refractivity contribution in [2.75, 3.05) is 43.2 Å². The molecule has 208 valence electrons. The van der Waals surface area contributed by atoms with Crippen LogP contribution in [0.3, 0.4) is 0 Å². The van der Waals surface area contributed by atoms with E-state index in [2.05, 4.69) is 30.5 Å². The molecule has 0 saturated carbocycles. The van der Waals surface area contributed by atoms with E-state index in [1.807, 2.05) is 12.1 Å². The molecule has 15 heteroatoms. The van der Waals surface area contributed by atoms with Crippen molar-refractivity contribution < 1.29 is 16.8 Å². The van der Waals surface area contributed by atoms with Crippen molar-refractivity contribution >= 4 is 43.1 Å². The van der Waals surface area contributed by atoms with Gasteiger partial charge in [-0.25, -0.2) is 40.6 Å². The minimum Gasteiger partial charge on any atom is -0.351 e. The molecule has 2 N–H and O–H groups in total. The van der Waals surface area contributed by atoms with Gasteiger partial charge in [0, 0.05) is 56.4 Å². The first-order valence-electron chi connectivity index (χ1n) is 12.1. The first-order chi connectivity index (χ1) is 18.4. The van der Waals surface area contributed by atoms with Crippen LogP contribution < -0.4 is 10.6 Å². The molecule has 4 rings (SSSR count). The van der Waals surface area contributed by atoms with Crippen LogP contribution in [-0.4, -0.2) is 84.8 Å². The van der Waals surface area contributed by atoms with Gasteiger partial charge in [-0.05, 0) is 30.5 Å². The Morgan fingerprint density at radius 2 is 1.90 bits per heavy atom. The summed E-state index contributed by atoms with van der Waals surface area (Å²) in [6.45, 7) is 9.21. The average Bonchev–Trinajstić information content (AvgIpc) is 3.36. The van der Waals surface area contributed by atoms with Crippen LogP contribution in [0.15, 0.2) is 36.8 Å². The van der Waals surface area contributed by atoms with E-state index in [1.54, 1.807) is 23.1 Å². The first-order valence-corrected chi connectivity index (χ1v) is 16.4. The molecular weight excluding hydrogens is 564 g/mol. The molecule has 1 fully saturated rings. The molecule has 1 aliphatic heterocycles. The van der Waals surface area contributed by atoms with E-state index in [4.69, 9.17) is 18.2 Å². The molecule has 0 aliphatic carbocycles. The summed E-state index contributed by atoms with van der Waals surface area (Å²) in [4.78, 5) is 12.4. The van der Waals surface area contributed by atoms with Crippen molar-refractivity contribution in [2.45, 2.75) is 25.4 Å². The van der Waals surface area contributed by atoms with E-state index in [9.17, 15) is 16.8 Å². The van der Waals surface area contributed by atoms with Crippen LogP contribution in [0, 0.1) is 6.57 Å². The van der Waals surface area contributed by atoms with Crippen LogP contribution >= 0.6 is 11.6 Å². The number of rotatable bonds is 10. The molecule has 1 aliphatic rings. The lowest BCUT2D eigenvalue weighted by atomic mass is 10.1. The minimum absolute atomic E-state index is 0.00977. The number of hydrogen-bond donors (Lipinski definition) is 2. The van der Waals surface area contributed by atoms with Gasteiger partial charge in [0.25, 0.3) is 0 Å². The summed E-state index contributed by atoms with van der Waals surface area (Å²) >= 11 is 6.53. The molecule has 3 heterocycles. The van der Waals surface area contributed by atoms with Crippen molar-refractivity contribution in [1.29, 1.82) is 0 Å². The minimum atomic E-state index is -3.21. The molecular formula is C24H29ClN8O4S2. The Hall–Kier alpha value is -3.09. The van der Waals surface area contributed by atoms with E-state index >= 15 is 0 Å². The smallest absolute Gasteiger partial charge is 0.231 e. The number of halogens is 1. The van der Waals surface area contributed by atoms with Crippen LogP contribution in [0.25, 0.3) is 21.8 Å². The van der Waals surface area contributed by atoms with Crippen LogP contribution in [0.1, 0.15) is 18.4 Å². The molecule has 1 aromatic carbocycles. The molecule has 0 atom stereocenters. The number of sulfonamides is 1. The summed E-state index contributed by atoms with van der Waals surface area (Å²) < 4.78 is 49.1. The number of aromatic nitrogens is 4. The van der Waals surface area contributed by atoms with Crippen molar-refractivity contribution in [3.05, 3.63) is 58.8 Å². The summed E-state index contributed by atoms with van der Waals surface area (Å²) in [5.74, 6) is 0.415. The highest BCUT2D eigenvalue weighted by atomic mass is 35.5. The number of piperidine rings is 1. The quantitative estimate of drug-likeness (QED) is 0.268. The van der Waals surface area contributed by atoms with Crippen LogP contribution in [-0.2, 0) is 26.4 Å². The number of sulfone groups is 1. The van der Waals surface area contributed by atoms with E-state index in [0.717, 1.165) is 5.56 Å². The zero-order chi connectivity index (χ0) is 28.2. The largest absolute Gasteiger partial charge is 0.351 e. The predicted molar refractivity (Wildman–Crippen MR) is 150 cm³/mol. The van der Waals surface area contributed by atoms with Crippen LogP contribution in [0.4, 0.5) is 11.6 Å². The molecule has 2 aromatic heterocycles. The molecule has 12 nitrogen and oxygen atoms in total. The number of anilines is 1. The van der Waals surface area contributed by atoms with E-state index in [-0.39, 0.29) is 17.5 Å². The Morgan fingerprint density at radius 1 is 1.15 bits per heavy atom. The van der Waals surface area contributed by atoms with Gasteiger partial charge >= 0.3 is 0 Å². The lowest BCUT2D eigenvalue weighted by Gasteiger charge is -2.30. The topological polar surface area (TPSA) is 144 Å². The molecule has 0 amide bonds. The Kier molecular flexibility index (Phi) is 8.87. The number of hydrogen-bond acceptors (Lipinski definition) is 9.